The molecule has 0 aliphatic carbocycles. The van der Waals surface area contributed by atoms with Gasteiger partial charge in [-0.2, -0.15) is 0 Å². The SMILES string of the molecule is CC(C)Oc1ccc([C@H](N)C2CCNCC2)cc1.Cl. The van der Waals surface area contributed by atoms with Crippen molar-refractivity contribution in [3.63, 3.8) is 0 Å². The van der Waals surface area contributed by atoms with Gasteiger partial charge in [-0.25, -0.2) is 0 Å². The van der Waals surface area contributed by atoms with Gasteiger partial charge in [0.15, 0.2) is 0 Å². The van der Waals surface area contributed by atoms with Crippen molar-refractivity contribution in [1.29, 1.82) is 0 Å². The summed E-state index contributed by atoms with van der Waals surface area (Å²) >= 11 is 0. The van der Waals surface area contributed by atoms with Crippen molar-refractivity contribution < 1.29 is 4.74 Å². The van der Waals surface area contributed by atoms with Gasteiger partial charge in [0.25, 0.3) is 0 Å². The Morgan fingerprint density at radius 3 is 2.26 bits per heavy atom. The fourth-order valence-electron chi connectivity index (χ4n) is 2.52. The minimum absolute atomic E-state index is 0. The van der Waals surface area contributed by atoms with Gasteiger partial charge in [-0.3, -0.25) is 0 Å². The monoisotopic (exact) mass is 284 g/mol. The summed E-state index contributed by atoms with van der Waals surface area (Å²) in [5.41, 5.74) is 7.57. The van der Waals surface area contributed by atoms with Gasteiger partial charge in [-0.05, 0) is 63.4 Å². The Bertz CT molecular complexity index is 361. The topological polar surface area (TPSA) is 47.3 Å². The van der Waals surface area contributed by atoms with Crippen LogP contribution < -0.4 is 15.8 Å². The fourth-order valence-corrected chi connectivity index (χ4v) is 2.52. The van der Waals surface area contributed by atoms with Gasteiger partial charge in [-0.1, -0.05) is 12.1 Å². The smallest absolute Gasteiger partial charge is 0.119 e. The third kappa shape index (κ3) is 4.68. The highest BCUT2D eigenvalue weighted by Crippen LogP contribution is 2.27. The lowest BCUT2D eigenvalue weighted by Crippen LogP contribution is -2.33. The van der Waals surface area contributed by atoms with Crippen molar-refractivity contribution in [3.8, 4) is 5.75 Å². The normalized spacial score (nSPS) is 17.9. The number of nitrogens with one attached hydrogen (secondary N) is 1. The van der Waals surface area contributed by atoms with Gasteiger partial charge in [0, 0.05) is 6.04 Å². The largest absolute Gasteiger partial charge is 0.491 e. The standard InChI is InChI=1S/C15H24N2O.ClH/c1-11(2)18-14-5-3-12(4-6-14)15(16)13-7-9-17-10-8-13;/h3-6,11,13,15,17H,7-10,16H2,1-2H3;1H/t15-;/m0./s1. The molecule has 4 heteroatoms. The van der Waals surface area contributed by atoms with E-state index in [9.17, 15) is 0 Å². The quantitative estimate of drug-likeness (QED) is 0.894. The van der Waals surface area contributed by atoms with Crippen LogP contribution in [0.2, 0.25) is 0 Å². The maximum Gasteiger partial charge on any atom is 0.119 e. The molecule has 0 bridgehead atoms. The van der Waals surface area contributed by atoms with Gasteiger partial charge >= 0.3 is 0 Å². The Morgan fingerprint density at radius 2 is 1.74 bits per heavy atom. The first-order valence-corrected chi connectivity index (χ1v) is 6.89. The van der Waals surface area contributed by atoms with Gasteiger partial charge < -0.3 is 15.8 Å². The molecule has 1 atom stereocenters. The third-order valence-corrected chi connectivity index (χ3v) is 3.53. The Labute approximate surface area is 122 Å². The van der Waals surface area contributed by atoms with E-state index in [1.54, 1.807) is 0 Å². The highest BCUT2D eigenvalue weighted by molar-refractivity contribution is 5.85. The molecule has 1 aromatic rings. The van der Waals surface area contributed by atoms with Crippen LogP contribution >= 0.6 is 12.4 Å². The van der Waals surface area contributed by atoms with Crippen molar-refractivity contribution in [2.45, 2.75) is 38.8 Å². The molecular formula is C15H25ClN2O. The summed E-state index contributed by atoms with van der Waals surface area (Å²) in [6.45, 7) is 6.25. The molecule has 3 nitrogen and oxygen atoms in total. The zero-order chi connectivity index (χ0) is 13.0. The first-order valence-electron chi connectivity index (χ1n) is 6.89. The van der Waals surface area contributed by atoms with Gasteiger partial charge in [0.05, 0.1) is 6.10 Å². The van der Waals surface area contributed by atoms with E-state index in [-0.39, 0.29) is 24.6 Å². The Balaban J connectivity index is 0.00000180. The molecule has 1 fully saturated rings. The first-order chi connectivity index (χ1) is 8.66. The summed E-state index contributed by atoms with van der Waals surface area (Å²) in [5, 5.41) is 3.38. The molecule has 0 unspecified atom stereocenters. The van der Waals surface area contributed by atoms with Crippen LogP contribution in [0.25, 0.3) is 0 Å². The summed E-state index contributed by atoms with van der Waals surface area (Å²) in [7, 11) is 0. The number of halogens is 1. The molecule has 1 aliphatic rings. The van der Waals surface area contributed by atoms with Crippen molar-refractivity contribution in [2.24, 2.45) is 11.7 Å². The number of benzene rings is 1. The molecule has 1 saturated heterocycles. The number of rotatable bonds is 4. The lowest BCUT2D eigenvalue weighted by atomic mass is 9.86. The fraction of sp³-hybridized carbons (Fsp3) is 0.600. The van der Waals surface area contributed by atoms with Crippen LogP contribution in [0.3, 0.4) is 0 Å². The Hall–Kier alpha value is -0.770. The average molecular weight is 285 g/mol. The minimum atomic E-state index is 0. The van der Waals surface area contributed by atoms with E-state index in [0.717, 1.165) is 18.8 Å². The Morgan fingerprint density at radius 1 is 1.16 bits per heavy atom. The van der Waals surface area contributed by atoms with Gasteiger partial charge in [0.2, 0.25) is 0 Å². The summed E-state index contributed by atoms with van der Waals surface area (Å²) in [4.78, 5) is 0. The number of piperidine rings is 1. The number of hydrogen-bond donors (Lipinski definition) is 2. The van der Waals surface area contributed by atoms with Crippen LogP contribution in [0.15, 0.2) is 24.3 Å². The van der Waals surface area contributed by atoms with E-state index in [4.69, 9.17) is 10.5 Å². The minimum Gasteiger partial charge on any atom is -0.491 e. The van der Waals surface area contributed by atoms with Crippen LogP contribution in [-0.4, -0.2) is 19.2 Å². The third-order valence-electron chi connectivity index (χ3n) is 3.53. The predicted octanol–water partition coefficient (Wildman–Crippen LogP) is 2.90. The molecule has 108 valence electrons. The maximum atomic E-state index is 6.35. The summed E-state index contributed by atoms with van der Waals surface area (Å²) in [5.74, 6) is 1.52. The second-order valence-electron chi connectivity index (χ2n) is 5.35. The van der Waals surface area contributed by atoms with Crippen LogP contribution in [0.5, 0.6) is 5.75 Å². The maximum absolute atomic E-state index is 6.35. The summed E-state index contributed by atoms with van der Waals surface area (Å²) in [6, 6.07) is 8.40. The number of hydrogen-bond acceptors (Lipinski definition) is 3. The highest BCUT2D eigenvalue weighted by atomic mass is 35.5. The van der Waals surface area contributed by atoms with E-state index in [1.165, 1.54) is 18.4 Å². The van der Waals surface area contributed by atoms with E-state index in [0.29, 0.717) is 5.92 Å². The molecule has 1 heterocycles. The zero-order valence-corrected chi connectivity index (χ0v) is 12.6. The summed E-state index contributed by atoms with van der Waals surface area (Å²) in [6.07, 6.45) is 2.56. The molecule has 1 aromatic carbocycles. The molecule has 3 N–H and O–H groups in total. The molecule has 1 aliphatic heterocycles. The number of nitrogens with two attached hydrogens (primary N) is 1. The molecule has 2 rings (SSSR count). The van der Waals surface area contributed by atoms with Crippen LogP contribution in [-0.2, 0) is 0 Å². The van der Waals surface area contributed by atoms with Gasteiger partial charge in [0.1, 0.15) is 5.75 Å². The molecule has 0 spiro atoms. The highest BCUT2D eigenvalue weighted by Gasteiger charge is 2.21. The van der Waals surface area contributed by atoms with E-state index in [2.05, 4.69) is 17.4 Å². The molecular weight excluding hydrogens is 260 g/mol. The zero-order valence-electron chi connectivity index (χ0n) is 11.8. The Kier molecular flexibility index (Phi) is 6.63. The van der Waals surface area contributed by atoms with Crippen molar-refractivity contribution in [2.75, 3.05) is 13.1 Å². The first kappa shape index (κ1) is 16.3. The second kappa shape index (κ2) is 7.73. The lowest BCUT2D eigenvalue weighted by molar-refractivity contribution is 0.242. The summed E-state index contributed by atoms with van der Waals surface area (Å²) < 4.78 is 5.64. The molecule has 0 saturated carbocycles. The molecule has 0 amide bonds. The second-order valence-corrected chi connectivity index (χ2v) is 5.35. The molecule has 0 aromatic heterocycles. The van der Waals surface area contributed by atoms with Crippen LogP contribution in [0.1, 0.15) is 38.3 Å². The predicted molar refractivity (Wildman–Crippen MR) is 82.0 cm³/mol. The molecule has 19 heavy (non-hydrogen) atoms. The number of ether oxygens (including phenoxy) is 1. The van der Waals surface area contributed by atoms with Crippen LogP contribution in [0, 0.1) is 5.92 Å². The van der Waals surface area contributed by atoms with Crippen molar-refractivity contribution in [1.82, 2.24) is 5.32 Å². The van der Waals surface area contributed by atoms with Crippen LogP contribution in [0.4, 0.5) is 0 Å². The van der Waals surface area contributed by atoms with Crippen molar-refractivity contribution >= 4 is 12.4 Å². The van der Waals surface area contributed by atoms with E-state index in [1.807, 2.05) is 26.0 Å². The van der Waals surface area contributed by atoms with E-state index >= 15 is 0 Å². The van der Waals surface area contributed by atoms with E-state index < -0.39 is 0 Å². The average Bonchev–Trinajstić information content (AvgIpc) is 2.39. The van der Waals surface area contributed by atoms with Gasteiger partial charge in [-0.15, -0.1) is 12.4 Å². The van der Waals surface area contributed by atoms with Crippen molar-refractivity contribution in [3.05, 3.63) is 29.8 Å². The molecule has 0 radical (unpaired) electrons. The lowest BCUT2D eigenvalue weighted by Gasteiger charge is -2.28.